The van der Waals surface area contributed by atoms with Crippen molar-refractivity contribution < 1.29 is 18.8 Å². The minimum atomic E-state index is -1.14. The number of nitrogens with zero attached hydrogens (tertiary/aromatic N) is 2. The lowest BCUT2D eigenvalue weighted by Crippen LogP contribution is -2.21. The minimum Gasteiger partial charge on any atom is -0.476 e. The Hall–Kier alpha value is -2.37. The third kappa shape index (κ3) is 3.09. The van der Waals surface area contributed by atoms with E-state index in [4.69, 9.17) is 9.63 Å². The molecule has 6 heteroatoms. The number of carbonyl (C=O) groups is 1. The molecule has 100 valence electrons. The van der Waals surface area contributed by atoms with Gasteiger partial charge in [-0.1, -0.05) is 11.2 Å². The molecule has 0 aliphatic heterocycles. The molecule has 2 rings (SSSR count). The second-order valence-electron chi connectivity index (χ2n) is 3.98. The van der Waals surface area contributed by atoms with Gasteiger partial charge in [0.2, 0.25) is 0 Å². The lowest BCUT2D eigenvalue weighted by molar-refractivity contribution is 0.0685. The fourth-order valence-corrected chi connectivity index (χ4v) is 1.73. The predicted octanol–water partition coefficient (Wildman–Crippen LogP) is 2.54. The van der Waals surface area contributed by atoms with Crippen LogP contribution in [0.2, 0.25) is 0 Å². The van der Waals surface area contributed by atoms with Gasteiger partial charge in [0.25, 0.3) is 0 Å². The van der Waals surface area contributed by atoms with Crippen molar-refractivity contribution in [3.05, 3.63) is 47.6 Å². The molecule has 0 fully saturated rings. The molecule has 1 aromatic carbocycles. The fraction of sp³-hybridized carbons (Fsp3) is 0.231. The first kappa shape index (κ1) is 13.1. The number of carboxylic acid groups (broad SMARTS) is 1. The van der Waals surface area contributed by atoms with Crippen LogP contribution in [0.25, 0.3) is 0 Å². The number of anilines is 1. The SMILES string of the molecule is CCN(Cc1cc(C(=O)O)no1)c1cccc(F)c1. The van der Waals surface area contributed by atoms with Gasteiger partial charge in [-0.25, -0.2) is 9.18 Å². The monoisotopic (exact) mass is 264 g/mol. The minimum absolute atomic E-state index is 0.134. The average molecular weight is 264 g/mol. The third-order valence-electron chi connectivity index (χ3n) is 2.68. The van der Waals surface area contributed by atoms with Crippen molar-refractivity contribution in [2.75, 3.05) is 11.4 Å². The fourth-order valence-electron chi connectivity index (χ4n) is 1.73. The standard InChI is InChI=1S/C13H13FN2O3/c1-2-16(10-5-3-4-9(14)6-10)8-11-7-12(13(17)18)15-19-11/h3-7H,2,8H2,1H3,(H,17,18). The maximum Gasteiger partial charge on any atom is 0.358 e. The summed E-state index contributed by atoms with van der Waals surface area (Å²) in [5.41, 5.74) is 0.570. The van der Waals surface area contributed by atoms with Gasteiger partial charge in [-0.2, -0.15) is 0 Å². The van der Waals surface area contributed by atoms with E-state index < -0.39 is 5.97 Å². The number of hydrogen-bond donors (Lipinski definition) is 1. The quantitative estimate of drug-likeness (QED) is 0.898. The van der Waals surface area contributed by atoms with Crippen LogP contribution >= 0.6 is 0 Å². The molecular formula is C13H13FN2O3. The number of hydrogen-bond acceptors (Lipinski definition) is 4. The molecule has 0 amide bonds. The first-order chi connectivity index (χ1) is 9.10. The number of aromatic carboxylic acids is 1. The summed E-state index contributed by atoms with van der Waals surface area (Å²) in [6.07, 6.45) is 0. The molecular weight excluding hydrogens is 251 g/mol. The van der Waals surface area contributed by atoms with Gasteiger partial charge in [0.15, 0.2) is 11.5 Å². The molecule has 0 unspecified atom stereocenters. The molecule has 0 bridgehead atoms. The van der Waals surface area contributed by atoms with Crippen molar-refractivity contribution in [1.29, 1.82) is 0 Å². The Morgan fingerprint density at radius 2 is 2.26 bits per heavy atom. The predicted molar refractivity (Wildman–Crippen MR) is 66.6 cm³/mol. The zero-order valence-electron chi connectivity index (χ0n) is 10.3. The number of rotatable bonds is 5. The molecule has 19 heavy (non-hydrogen) atoms. The van der Waals surface area contributed by atoms with Crippen molar-refractivity contribution in [1.82, 2.24) is 5.16 Å². The summed E-state index contributed by atoms with van der Waals surface area (Å²) < 4.78 is 18.1. The van der Waals surface area contributed by atoms with Crippen molar-refractivity contribution in [2.24, 2.45) is 0 Å². The van der Waals surface area contributed by atoms with Gasteiger partial charge in [0.05, 0.1) is 6.54 Å². The second kappa shape index (κ2) is 5.51. The van der Waals surface area contributed by atoms with E-state index in [1.54, 1.807) is 12.1 Å². The second-order valence-corrected chi connectivity index (χ2v) is 3.98. The summed E-state index contributed by atoms with van der Waals surface area (Å²) in [5.74, 6) is -1.04. The normalized spacial score (nSPS) is 10.4. The highest BCUT2D eigenvalue weighted by molar-refractivity contribution is 5.85. The first-order valence-corrected chi connectivity index (χ1v) is 5.79. The van der Waals surface area contributed by atoms with Crippen LogP contribution in [0.3, 0.4) is 0 Å². The highest BCUT2D eigenvalue weighted by Gasteiger charge is 2.13. The molecule has 1 N–H and O–H groups in total. The molecule has 0 spiro atoms. The molecule has 1 aromatic heterocycles. The molecule has 0 saturated heterocycles. The maximum absolute atomic E-state index is 13.2. The van der Waals surface area contributed by atoms with E-state index in [9.17, 15) is 9.18 Å². The Bertz CT molecular complexity index is 583. The van der Waals surface area contributed by atoms with Crippen LogP contribution in [0.1, 0.15) is 23.2 Å². The Balaban J connectivity index is 2.16. The Kier molecular flexibility index (Phi) is 3.79. The lowest BCUT2D eigenvalue weighted by Gasteiger charge is -2.21. The molecule has 0 saturated carbocycles. The first-order valence-electron chi connectivity index (χ1n) is 5.79. The van der Waals surface area contributed by atoms with Gasteiger partial charge in [0.1, 0.15) is 5.82 Å². The zero-order chi connectivity index (χ0) is 13.8. The molecule has 5 nitrogen and oxygen atoms in total. The van der Waals surface area contributed by atoms with Gasteiger partial charge < -0.3 is 14.5 Å². The van der Waals surface area contributed by atoms with E-state index in [0.29, 0.717) is 24.5 Å². The van der Waals surface area contributed by atoms with Crippen LogP contribution in [0, 0.1) is 5.82 Å². The van der Waals surface area contributed by atoms with E-state index in [-0.39, 0.29) is 11.5 Å². The van der Waals surface area contributed by atoms with E-state index in [0.717, 1.165) is 0 Å². The number of aromatic nitrogens is 1. The van der Waals surface area contributed by atoms with Crippen LogP contribution in [-0.2, 0) is 6.54 Å². The van der Waals surface area contributed by atoms with E-state index in [1.165, 1.54) is 18.2 Å². The third-order valence-corrected chi connectivity index (χ3v) is 2.68. The summed E-state index contributed by atoms with van der Waals surface area (Å²) in [5, 5.41) is 12.2. The number of carboxylic acids is 1. The summed E-state index contributed by atoms with van der Waals surface area (Å²) in [7, 11) is 0. The largest absolute Gasteiger partial charge is 0.476 e. The van der Waals surface area contributed by atoms with Crippen LogP contribution < -0.4 is 4.90 Å². The Morgan fingerprint density at radius 3 is 2.84 bits per heavy atom. The zero-order valence-corrected chi connectivity index (χ0v) is 10.3. The summed E-state index contributed by atoms with van der Waals surface area (Å²) >= 11 is 0. The van der Waals surface area contributed by atoms with Crippen molar-refractivity contribution in [3.8, 4) is 0 Å². The topological polar surface area (TPSA) is 66.6 Å². The summed E-state index contributed by atoms with van der Waals surface area (Å²) in [6.45, 7) is 2.88. The Labute approximate surface area is 109 Å². The van der Waals surface area contributed by atoms with Crippen LogP contribution in [0.15, 0.2) is 34.9 Å². The highest BCUT2D eigenvalue weighted by atomic mass is 19.1. The summed E-state index contributed by atoms with van der Waals surface area (Å²) in [6, 6.07) is 7.55. The smallest absolute Gasteiger partial charge is 0.358 e. The van der Waals surface area contributed by atoms with Gasteiger partial charge >= 0.3 is 5.97 Å². The molecule has 1 heterocycles. The van der Waals surface area contributed by atoms with Crippen LogP contribution in [-0.4, -0.2) is 22.8 Å². The molecule has 0 atom stereocenters. The number of benzene rings is 1. The molecule has 0 radical (unpaired) electrons. The van der Waals surface area contributed by atoms with Gasteiger partial charge in [-0.15, -0.1) is 0 Å². The van der Waals surface area contributed by atoms with Gasteiger partial charge in [-0.3, -0.25) is 0 Å². The van der Waals surface area contributed by atoms with Crippen molar-refractivity contribution >= 4 is 11.7 Å². The maximum atomic E-state index is 13.2. The van der Waals surface area contributed by atoms with Crippen molar-refractivity contribution in [3.63, 3.8) is 0 Å². The van der Waals surface area contributed by atoms with Crippen LogP contribution in [0.4, 0.5) is 10.1 Å². The summed E-state index contributed by atoms with van der Waals surface area (Å²) in [4.78, 5) is 12.6. The molecule has 2 aromatic rings. The Morgan fingerprint density at radius 1 is 1.47 bits per heavy atom. The number of halogens is 1. The van der Waals surface area contributed by atoms with Crippen molar-refractivity contribution in [2.45, 2.75) is 13.5 Å². The van der Waals surface area contributed by atoms with Gasteiger partial charge in [0, 0.05) is 18.3 Å². The van der Waals surface area contributed by atoms with E-state index >= 15 is 0 Å². The molecule has 0 aliphatic rings. The van der Waals surface area contributed by atoms with Crippen LogP contribution in [0.5, 0.6) is 0 Å². The lowest BCUT2D eigenvalue weighted by atomic mass is 10.2. The highest BCUT2D eigenvalue weighted by Crippen LogP contribution is 2.18. The average Bonchev–Trinajstić information content (AvgIpc) is 2.84. The van der Waals surface area contributed by atoms with E-state index in [1.807, 2.05) is 11.8 Å². The van der Waals surface area contributed by atoms with E-state index in [2.05, 4.69) is 5.16 Å². The molecule has 0 aliphatic carbocycles. The van der Waals surface area contributed by atoms with Gasteiger partial charge in [-0.05, 0) is 25.1 Å².